The number of hydrogen-bond acceptors (Lipinski definition) is 6. The summed E-state index contributed by atoms with van der Waals surface area (Å²) in [6, 6.07) is 25.7. The van der Waals surface area contributed by atoms with E-state index in [4.69, 9.17) is 9.47 Å². The lowest BCUT2D eigenvalue weighted by Gasteiger charge is -2.24. The van der Waals surface area contributed by atoms with Gasteiger partial charge in [0.15, 0.2) is 11.5 Å². The zero-order chi connectivity index (χ0) is 24.2. The molecule has 0 unspecified atom stereocenters. The lowest BCUT2D eigenvalue weighted by atomic mass is 10.0. The van der Waals surface area contributed by atoms with E-state index in [9.17, 15) is 4.79 Å². The molecule has 1 aliphatic heterocycles. The van der Waals surface area contributed by atoms with Gasteiger partial charge in [0, 0.05) is 5.56 Å². The van der Waals surface area contributed by atoms with Crippen molar-refractivity contribution in [2.24, 2.45) is 0 Å². The number of anilines is 2. The lowest BCUT2D eigenvalue weighted by Crippen LogP contribution is -2.28. The molecule has 0 saturated carbocycles. The minimum atomic E-state index is 0.0163. The smallest absolute Gasteiger partial charge is 0.241 e. The van der Waals surface area contributed by atoms with Crippen molar-refractivity contribution in [1.82, 2.24) is 10.2 Å². The number of carbonyl (C=O) groups is 1. The maximum absolute atomic E-state index is 13.5. The van der Waals surface area contributed by atoms with E-state index in [1.54, 1.807) is 14.2 Å². The van der Waals surface area contributed by atoms with E-state index in [1.807, 2.05) is 71.6 Å². The zero-order valence-corrected chi connectivity index (χ0v) is 20.4. The van der Waals surface area contributed by atoms with Crippen LogP contribution in [0.1, 0.15) is 11.1 Å². The molecule has 6 nitrogen and oxygen atoms in total. The number of hydrogen-bond donors (Lipinski definition) is 0. The normalized spacial score (nSPS) is 12.3. The third-order valence-corrected chi connectivity index (χ3v) is 6.95. The van der Waals surface area contributed by atoms with E-state index in [0.717, 1.165) is 35.5 Å². The molecule has 5 rings (SSSR count). The topological polar surface area (TPSA) is 64.5 Å². The van der Waals surface area contributed by atoms with Crippen molar-refractivity contribution < 1.29 is 14.3 Å². The number of aryl methyl sites for hydroxylation is 2. The number of amides is 1. The minimum absolute atomic E-state index is 0.0163. The first-order valence-corrected chi connectivity index (χ1v) is 12.3. The largest absolute Gasteiger partial charge is 0.493 e. The monoisotopic (exact) mass is 483 g/mol. The van der Waals surface area contributed by atoms with Gasteiger partial charge in [0.2, 0.25) is 5.91 Å². The van der Waals surface area contributed by atoms with Gasteiger partial charge in [-0.05, 0) is 66.4 Å². The molecule has 0 N–H and O–H groups in total. The van der Waals surface area contributed by atoms with Crippen LogP contribution in [0.25, 0.3) is 11.3 Å². The van der Waals surface area contributed by atoms with Crippen LogP contribution in [0.5, 0.6) is 11.5 Å². The van der Waals surface area contributed by atoms with Crippen LogP contribution in [-0.2, 0) is 17.6 Å². The summed E-state index contributed by atoms with van der Waals surface area (Å²) in [7, 11) is 3.21. The van der Waals surface area contributed by atoms with Gasteiger partial charge in [-0.25, -0.2) is 0 Å². The molecule has 0 bridgehead atoms. The molecule has 2 heterocycles. The van der Waals surface area contributed by atoms with E-state index in [1.165, 1.54) is 22.9 Å². The molecule has 1 aromatic heterocycles. The van der Waals surface area contributed by atoms with Gasteiger partial charge in [-0.3, -0.25) is 9.69 Å². The molecule has 1 amide bonds. The Kier molecular flexibility index (Phi) is 6.68. The maximum atomic E-state index is 13.5. The van der Waals surface area contributed by atoms with Crippen LogP contribution in [0, 0.1) is 0 Å². The quantitative estimate of drug-likeness (QED) is 0.327. The number of methoxy groups -OCH3 is 2. The summed E-state index contributed by atoms with van der Waals surface area (Å²) in [4.78, 5) is 15.4. The van der Waals surface area contributed by atoms with Gasteiger partial charge in [0.25, 0.3) is 0 Å². The number of thioether (sulfide) groups is 1. The van der Waals surface area contributed by atoms with Crippen LogP contribution in [-0.4, -0.2) is 36.1 Å². The van der Waals surface area contributed by atoms with Crippen molar-refractivity contribution in [3.63, 3.8) is 0 Å². The predicted octanol–water partition coefficient (Wildman–Crippen LogP) is 5.72. The Hall–Kier alpha value is -3.84. The fraction of sp³-hybridized carbons (Fsp3) is 0.179. The second-order valence-corrected chi connectivity index (χ2v) is 9.10. The zero-order valence-electron chi connectivity index (χ0n) is 19.6. The summed E-state index contributed by atoms with van der Waals surface area (Å²) in [5, 5.41) is 9.41. The summed E-state index contributed by atoms with van der Waals surface area (Å²) >= 11 is 1.39. The van der Waals surface area contributed by atoms with Crippen molar-refractivity contribution in [3.8, 4) is 22.8 Å². The average molecular weight is 484 g/mol. The number of nitrogens with zero attached hydrogens (tertiary/aromatic N) is 3. The maximum Gasteiger partial charge on any atom is 0.241 e. The number of carbonyl (C=O) groups excluding carboxylic acids is 1. The highest BCUT2D eigenvalue weighted by atomic mass is 32.2. The van der Waals surface area contributed by atoms with Crippen molar-refractivity contribution in [2.75, 3.05) is 24.9 Å². The molecule has 0 atom stereocenters. The SMILES string of the molecule is COc1ccc(-c2ccc(SCC(=O)N3c4ccccc4CCc4ccccc43)nn2)cc1OC. The van der Waals surface area contributed by atoms with E-state index >= 15 is 0 Å². The van der Waals surface area contributed by atoms with Crippen LogP contribution in [0.3, 0.4) is 0 Å². The first-order valence-electron chi connectivity index (χ1n) is 11.4. The minimum Gasteiger partial charge on any atom is -0.493 e. The predicted molar refractivity (Wildman–Crippen MR) is 139 cm³/mol. The van der Waals surface area contributed by atoms with Crippen LogP contribution in [0.4, 0.5) is 11.4 Å². The van der Waals surface area contributed by atoms with E-state index in [2.05, 4.69) is 22.3 Å². The van der Waals surface area contributed by atoms with Crippen molar-refractivity contribution in [2.45, 2.75) is 17.9 Å². The van der Waals surface area contributed by atoms with Gasteiger partial charge >= 0.3 is 0 Å². The van der Waals surface area contributed by atoms with Gasteiger partial charge in [0.1, 0.15) is 5.03 Å². The Balaban J connectivity index is 1.34. The first-order chi connectivity index (χ1) is 17.2. The van der Waals surface area contributed by atoms with E-state index < -0.39 is 0 Å². The number of fused-ring (bicyclic) bond motifs is 2. The molecule has 35 heavy (non-hydrogen) atoms. The number of rotatable bonds is 6. The third kappa shape index (κ3) is 4.72. The molecule has 0 saturated heterocycles. The highest BCUT2D eigenvalue weighted by molar-refractivity contribution is 7.99. The molecule has 4 aromatic rings. The molecule has 0 radical (unpaired) electrons. The lowest BCUT2D eigenvalue weighted by molar-refractivity contribution is -0.115. The molecule has 0 fully saturated rings. The molecule has 1 aliphatic rings. The Morgan fingerprint density at radius 1 is 0.829 bits per heavy atom. The van der Waals surface area contributed by atoms with Crippen LogP contribution < -0.4 is 14.4 Å². The summed E-state index contributed by atoms with van der Waals surface area (Å²) in [5.74, 6) is 1.57. The molecule has 0 aliphatic carbocycles. The number of aromatic nitrogens is 2. The highest BCUT2D eigenvalue weighted by Gasteiger charge is 2.25. The molecular weight excluding hydrogens is 458 g/mol. The van der Waals surface area contributed by atoms with Crippen LogP contribution in [0.2, 0.25) is 0 Å². The summed E-state index contributed by atoms with van der Waals surface area (Å²) in [6.45, 7) is 0. The Bertz CT molecular complexity index is 1310. The van der Waals surface area contributed by atoms with Gasteiger partial charge in [-0.2, -0.15) is 0 Å². The molecule has 3 aromatic carbocycles. The van der Waals surface area contributed by atoms with Gasteiger partial charge in [-0.15, -0.1) is 10.2 Å². The van der Waals surface area contributed by atoms with Gasteiger partial charge < -0.3 is 9.47 Å². The Morgan fingerprint density at radius 2 is 1.49 bits per heavy atom. The molecule has 176 valence electrons. The van der Waals surface area contributed by atoms with Crippen molar-refractivity contribution >= 4 is 29.0 Å². The molecular formula is C28H25N3O3S. The fourth-order valence-corrected chi connectivity index (χ4v) is 4.96. The number of ether oxygens (including phenoxy) is 2. The van der Waals surface area contributed by atoms with Gasteiger partial charge in [0.05, 0.1) is 37.0 Å². The van der Waals surface area contributed by atoms with E-state index in [-0.39, 0.29) is 11.7 Å². The van der Waals surface area contributed by atoms with Crippen LogP contribution in [0.15, 0.2) is 83.9 Å². The van der Waals surface area contributed by atoms with Crippen molar-refractivity contribution in [1.29, 1.82) is 0 Å². The second-order valence-electron chi connectivity index (χ2n) is 8.10. The Morgan fingerprint density at radius 3 is 2.09 bits per heavy atom. The van der Waals surface area contributed by atoms with E-state index in [0.29, 0.717) is 16.5 Å². The molecule has 0 spiro atoms. The highest BCUT2D eigenvalue weighted by Crippen LogP contribution is 2.37. The summed E-state index contributed by atoms with van der Waals surface area (Å²) in [5.41, 5.74) is 5.87. The fourth-order valence-electron chi connectivity index (χ4n) is 4.30. The average Bonchev–Trinajstić information content (AvgIpc) is 3.08. The summed E-state index contributed by atoms with van der Waals surface area (Å²) < 4.78 is 10.7. The summed E-state index contributed by atoms with van der Waals surface area (Å²) in [6.07, 6.45) is 1.82. The standard InChI is InChI=1S/C28H25N3O3S/c1-33-25-15-13-21(17-26(25)34-2)22-14-16-27(30-29-22)35-18-28(32)31-23-9-5-3-7-19(23)11-12-20-8-4-6-10-24(20)31/h3-10,13-17H,11-12,18H2,1-2H3. The third-order valence-electron chi connectivity index (χ3n) is 6.04. The van der Waals surface area contributed by atoms with Crippen molar-refractivity contribution in [3.05, 3.63) is 90.0 Å². The second kappa shape index (κ2) is 10.2. The Labute approximate surface area is 208 Å². The number of para-hydroxylation sites is 2. The molecule has 7 heteroatoms. The van der Waals surface area contributed by atoms with Gasteiger partial charge in [-0.1, -0.05) is 48.2 Å². The number of benzene rings is 3. The van der Waals surface area contributed by atoms with Crippen LogP contribution >= 0.6 is 11.8 Å². The first kappa shape index (κ1) is 22.9.